The normalized spacial score (nSPS) is 11.5. The lowest BCUT2D eigenvalue weighted by atomic mass is 9.95. The van der Waals surface area contributed by atoms with Gasteiger partial charge in [-0.15, -0.1) is 0 Å². The van der Waals surface area contributed by atoms with Crippen molar-refractivity contribution in [2.75, 3.05) is 0 Å². The molecule has 0 bridgehead atoms. The maximum Gasteiger partial charge on any atom is 0.227 e. The van der Waals surface area contributed by atoms with Crippen LogP contribution in [0.2, 0.25) is 0 Å². The van der Waals surface area contributed by atoms with Crippen LogP contribution in [0, 0.1) is 0 Å². The van der Waals surface area contributed by atoms with Gasteiger partial charge in [0.05, 0.1) is 0 Å². The van der Waals surface area contributed by atoms with Gasteiger partial charge in [-0.1, -0.05) is 152 Å². The number of benzene rings is 9. The van der Waals surface area contributed by atoms with Gasteiger partial charge in [0.15, 0.2) is 23.1 Å². The second-order valence-electron chi connectivity index (χ2n) is 14.3. The lowest BCUT2D eigenvalue weighted by molar-refractivity contribution is 0.623. The standard InChI is InChI=1S/C52H32N4O/c1-3-12-35(13-4-1)49-54-50(43-19-9-18-38(31-43)39-22-21-33-11-7-8-16-37(33)29-39)56-51(55-49)44-26-24-40-30-42(25-23-41(40)32-44)45-20-10-17-34-27-28-46-48(47(34)45)57-52(53-46)36-14-5-2-6-15-36/h1-32H. The number of nitrogens with zero attached hydrogens (tertiary/aromatic N) is 4. The Kier molecular flexibility index (Phi) is 7.74. The molecule has 0 saturated heterocycles. The molecule has 0 aliphatic carbocycles. The van der Waals surface area contributed by atoms with Gasteiger partial charge in [-0.25, -0.2) is 19.9 Å². The molecule has 0 atom stereocenters. The van der Waals surface area contributed by atoms with E-state index in [9.17, 15) is 0 Å². The summed E-state index contributed by atoms with van der Waals surface area (Å²) < 4.78 is 6.48. The predicted octanol–water partition coefficient (Wildman–Crippen LogP) is 13.5. The lowest BCUT2D eigenvalue weighted by Crippen LogP contribution is -2.00. The van der Waals surface area contributed by atoms with Gasteiger partial charge in [-0.05, 0) is 91.6 Å². The summed E-state index contributed by atoms with van der Waals surface area (Å²) in [5.41, 5.74) is 9.82. The molecule has 11 rings (SSSR count). The minimum absolute atomic E-state index is 0.619. The van der Waals surface area contributed by atoms with Gasteiger partial charge in [-0.2, -0.15) is 0 Å². The van der Waals surface area contributed by atoms with Crippen molar-refractivity contribution in [1.29, 1.82) is 0 Å². The summed E-state index contributed by atoms with van der Waals surface area (Å²) in [6.07, 6.45) is 0. The SMILES string of the molecule is c1ccc(-c2nc(-c3cccc(-c4ccc5ccccc5c4)c3)nc(-c3ccc4cc(-c5cccc6ccc7nc(-c8ccccc8)oc7c56)ccc4c3)n2)cc1. The van der Waals surface area contributed by atoms with E-state index >= 15 is 0 Å². The van der Waals surface area contributed by atoms with Crippen LogP contribution in [0.4, 0.5) is 0 Å². The third-order valence-electron chi connectivity index (χ3n) is 10.7. The highest BCUT2D eigenvalue weighted by atomic mass is 16.3. The molecule has 0 saturated carbocycles. The van der Waals surface area contributed by atoms with Gasteiger partial charge < -0.3 is 4.42 Å². The number of rotatable bonds is 6. The third-order valence-corrected chi connectivity index (χ3v) is 10.7. The van der Waals surface area contributed by atoms with Crippen molar-refractivity contribution < 1.29 is 4.42 Å². The van der Waals surface area contributed by atoms with Crippen LogP contribution in [0.1, 0.15) is 0 Å². The first-order chi connectivity index (χ1) is 28.2. The van der Waals surface area contributed by atoms with Crippen molar-refractivity contribution in [3.63, 3.8) is 0 Å². The van der Waals surface area contributed by atoms with Gasteiger partial charge in [0.2, 0.25) is 5.89 Å². The molecule has 0 amide bonds. The zero-order chi connectivity index (χ0) is 37.7. The molecule has 0 aliphatic heterocycles. The molecule has 2 aromatic heterocycles. The Bertz CT molecular complexity index is 3300. The summed E-state index contributed by atoms with van der Waals surface area (Å²) in [6, 6.07) is 67.2. The molecule has 0 N–H and O–H groups in total. The Morgan fingerprint density at radius 2 is 0.789 bits per heavy atom. The number of hydrogen-bond acceptors (Lipinski definition) is 5. The first kappa shape index (κ1) is 32.7. The van der Waals surface area contributed by atoms with E-state index in [1.165, 1.54) is 10.8 Å². The molecular weight excluding hydrogens is 697 g/mol. The Hall–Kier alpha value is -7.76. The number of hydrogen-bond donors (Lipinski definition) is 0. The molecule has 57 heavy (non-hydrogen) atoms. The Balaban J connectivity index is 0.993. The topological polar surface area (TPSA) is 64.7 Å². The zero-order valence-corrected chi connectivity index (χ0v) is 30.7. The molecule has 0 spiro atoms. The smallest absolute Gasteiger partial charge is 0.227 e. The molecule has 2 heterocycles. The van der Waals surface area contributed by atoms with Crippen LogP contribution in [0.5, 0.6) is 0 Å². The van der Waals surface area contributed by atoms with Crippen molar-refractivity contribution in [2.45, 2.75) is 0 Å². The maximum absolute atomic E-state index is 6.48. The van der Waals surface area contributed by atoms with Crippen LogP contribution in [0.25, 0.3) is 111 Å². The zero-order valence-electron chi connectivity index (χ0n) is 30.7. The second kappa shape index (κ2) is 13.5. The average molecular weight is 729 g/mol. The van der Waals surface area contributed by atoms with Crippen molar-refractivity contribution in [3.8, 4) is 67.9 Å². The van der Waals surface area contributed by atoms with Crippen LogP contribution in [0.15, 0.2) is 199 Å². The molecule has 0 unspecified atom stereocenters. The highest BCUT2D eigenvalue weighted by molar-refractivity contribution is 6.12. The monoisotopic (exact) mass is 728 g/mol. The van der Waals surface area contributed by atoms with Crippen molar-refractivity contribution in [2.24, 2.45) is 0 Å². The lowest BCUT2D eigenvalue weighted by Gasteiger charge is -2.11. The Labute approximate surface area is 328 Å². The summed E-state index contributed by atoms with van der Waals surface area (Å²) in [7, 11) is 0. The molecule has 11 aromatic rings. The van der Waals surface area contributed by atoms with Gasteiger partial charge in [0, 0.05) is 27.6 Å². The number of fused-ring (bicyclic) bond motifs is 5. The van der Waals surface area contributed by atoms with Crippen LogP contribution in [0.3, 0.4) is 0 Å². The van der Waals surface area contributed by atoms with E-state index in [0.29, 0.717) is 23.4 Å². The van der Waals surface area contributed by atoms with Crippen molar-refractivity contribution in [1.82, 2.24) is 19.9 Å². The minimum Gasteiger partial charge on any atom is -0.435 e. The number of aromatic nitrogens is 4. The minimum atomic E-state index is 0.619. The van der Waals surface area contributed by atoms with E-state index < -0.39 is 0 Å². The molecule has 266 valence electrons. The largest absolute Gasteiger partial charge is 0.435 e. The van der Waals surface area contributed by atoms with Gasteiger partial charge in [-0.3, -0.25) is 0 Å². The fraction of sp³-hybridized carbons (Fsp3) is 0. The van der Waals surface area contributed by atoms with E-state index in [2.05, 4.69) is 127 Å². The van der Waals surface area contributed by atoms with Crippen LogP contribution < -0.4 is 0 Å². The summed E-state index contributed by atoms with van der Waals surface area (Å²) in [5.74, 6) is 2.50. The molecule has 5 nitrogen and oxygen atoms in total. The van der Waals surface area contributed by atoms with E-state index in [-0.39, 0.29) is 0 Å². The van der Waals surface area contributed by atoms with E-state index in [1.807, 2.05) is 66.7 Å². The Morgan fingerprint density at radius 3 is 1.58 bits per heavy atom. The predicted molar refractivity (Wildman–Crippen MR) is 233 cm³/mol. The summed E-state index contributed by atoms with van der Waals surface area (Å²) in [6.45, 7) is 0. The molecule has 5 heteroatoms. The summed E-state index contributed by atoms with van der Waals surface area (Å²) in [5, 5.41) is 6.79. The summed E-state index contributed by atoms with van der Waals surface area (Å²) >= 11 is 0. The van der Waals surface area contributed by atoms with E-state index in [1.54, 1.807) is 0 Å². The van der Waals surface area contributed by atoms with Crippen LogP contribution in [-0.2, 0) is 0 Å². The van der Waals surface area contributed by atoms with E-state index in [4.69, 9.17) is 24.4 Å². The fourth-order valence-electron chi connectivity index (χ4n) is 7.81. The molecule has 0 aliphatic rings. The van der Waals surface area contributed by atoms with Crippen LogP contribution >= 0.6 is 0 Å². The van der Waals surface area contributed by atoms with Gasteiger partial charge in [0.25, 0.3) is 0 Å². The summed E-state index contributed by atoms with van der Waals surface area (Å²) in [4.78, 5) is 20.0. The Morgan fingerprint density at radius 1 is 0.298 bits per heavy atom. The quantitative estimate of drug-likeness (QED) is 0.171. The first-order valence-corrected chi connectivity index (χ1v) is 19.0. The molecule has 0 fully saturated rings. The first-order valence-electron chi connectivity index (χ1n) is 19.0. The van der Waals surface area contributed by atoms with Crippen LogP contribution in [-0.4, -0.2) is 19.9 Å². The van der Waals surface area contributed by atoms with Gasteiger partial charge >= 0.3 is 0 Å². The fourth-order valence-corrected chi connectivity index (χ4v) is 7.81. The van der Waals surface area contributed by atoms with Crippen molar-refractivity contribution >= 4 is 43.4 Å². The molecule has 0 radical (unpaired) electrons. The van der Waals surface area contributed by atoms with Crippen molar-refractivity contribution in [3.05, 3.63) is 194 Å². The average Bonchev–Trinajstić information content (AvgIpc) is 3.74. The maximum atomic E-state index is 6.48. The highest BCUT2D eigenvalue weighted by Crippen LogP contribution is 2.38. The third kappa shape index (κ3) is 5.99. The highest BCUT2D eigenvalue weighted by Gasteiger charge is 2.17. The van der Waals surface area contributed by atoms with Gasteiger partial charge in [0.1, 0.15) is 5.52 Å². The second-order valence-corrected chi connectivity index (χ2v) is 14.3. The van der Waals surface area contributed by atoms with E-state index in [0.717, 1.165) is 77.2 Å². The molecule has 9 aromatic carbocycles. The molecular formula is C52H32N4O. The number of oxazole rings is 1.